The second-order valence-electron chi connectivity index (χ2n) is 5.97. The first-order chi connectivity index (χ1) is 13.1. The smallest absolute Gasteiger partial charge is 0.340 e. The number of carbonyl (C=O) groups is 2. The van der Waals surface area contributed by atoms with E-state index in [2.05, 4.69) is 5.32 Å². The molecule has 0 aromatic heterocycles. The van der Waals surface area contributed by atoms with Gasteiger partial charge in [0.15, 0.2) is 0 Å². The number of benzene rings is 2. The maximum absolute atomic E-state index is 13.2. The Balaban J connectivity index is 2.32. The van der Waals surface area contributed by atoms with E-state index in [0.717, 1.165) is 22.7 Å². The number of sulfonamides is 1. The molecule has 2 aromatic carbocycles. The van der Waals surface area contributed by atoms with Gasteiger partial charge in [0.1, 0.15) is 11.9 Å². The van der Waals surface area contributed by atoms with Crippen molar-refractivity contribution < 1.29 is 27.1 Å². The van der Waals surface area contributed by atoms with Crippen LogP contribution < -0.4 is 9.62 Å². The molecule has 0 radical (unpaired) electrons. The van der Waals surface area contributed by atoms with Gasteiger partial charge in [-0.05, 0) is 50.2 Å². The number of nitrogens with one attached hydrogen (secondary N) is 1. The summed E-state index contributed by atoms with van der Waals surface area (Å²) >= 11 is 0. The number of ether oxygens (including phenoxy) is 1. The summed E-state index contributed by atoms with van der Waals surface area (Å²) < 4.78 is 43.5. The number of rotatable bonds is 7. The van der Waals surface area contributed by atoms with Gasteiger partial charge in [0, 0.05) is 0 Å². The van der Waals surface area contributed by atoms with E-state index in [1.807, 2.05) is 0 Å². The number of hydrogen-bond donors (Lipinski definition) is 1. The highest BCUT2D eigenvalue weighted by molar-refractivity contribution is 7.92. The fourth-order valence-corrected chi connectivity index (χ4v) is 3.79. The Morgan fingerprint density at radius 3 is 2.32 bits per heavy atom. The van der Waals surface area contributed by atoms with Crippen LogP contribution >= 0.6 is 0 Å². The lowest BCUT2D eigenvalue weighted by atomic mass is 10.1. The van der Waals surface area contributed by atoms with Crippen LogP contribution in [0.25, 0.3) is 0 Å². The Morgan fingerprint density at radius 1 is 1.14 bits per heavy atom. The topological polar surface area (TPSA) is 92.8 Å². The molecule has 0 bridgehead atoms. The predicted molar refractivity (Wildman–Crippen MR) is 104 cm³/mol. The monoisotopic (exact) mass is 408 g/mol. The maximum Gasteiger partial charge on any atom is 0.340 e. The van der Waals surface area contributed by atoms with Crippen molar-refractivity contribution in [2.45, 2.75) is 19.9 Å². The van der Waals surface area contributed by atoms with Crippen LogP contribution in [0.15, 0.2) is 48.5 Å². The normalized spacial score (nSPS) is 12.1. The Kier molecular flexibility index (Phi) is 6.74. The molecular formula is C19H21FN2O5S. The summed E-state index contributed by atoms with van der Waals surface area (Å²) in [6.07, 6.45) is 0.951. The number of halogens is 1. The summed E-state index contributed by atoms with van der Waals surface area (Å²) in [5.41, 5.74) is 0.494. The van der Waals surface area contributed by atoms with Gasteiger partial charge in [0.2, 0.25) is 15.9 Å². The summed E-state index contributed by atoms with van der Waals surface area (Å²) in [5, 5.41) is 2.56. The Morgan fingerprint density at radius 2 is 1.75 bits per heavy atom. The molecule has 0 spiro atoms. The number of anilines is 2. The SMILES string of the molecule is CCOC(=O)c1ccccc1NC(=O)[C@@H](C)N(c1ccc(F)cc1)S(C)(=O)=O. The molecule has 9 heteroatoms. The van der Waals surface area contributed by atoms with Gasteiger partial charge in [-0.25, -0.2) is 17.6 Å². The van der Waals surface area contributed by atoms with Crippen molar-refractivity contribution in [1.29, 1.82) is 0 Å². The summed E-state index contributed by atoms with van der Waals surface area (Å²) in [7, 11) is -3.84. The van der Waals surface area contributed by atoms with Crippen molar-refractivity contribution >= 4 is 33.3 Å². The Hall–Kier alpha value is -2.94. The highest BCUT2D eigenvalue weighted by atomic mass is 32.2. The van der Waals surface area contributed by atoms with Crippen molar-refractivity contribution in [3.05, 3.63) is 59.9 Å². The molecule has 28 heavy (non-hydrogen) atoms. The molecule has 1 atom stereocenters. The highest BCUT2D eigenvalue weighted by Gasteiger charge is 2.30. The van der Waals surface area contributed by atoms with Gasteiger partial charge in [0.05, 0.1) is 29.8 Å². The number of para-hydroxylation sites is 1. The number of amides is 1. The van der Waals surface area contributed by atoms with Gasteiger partial charge >= 0.3 is 5.97 Å². The third-order valence-corrected chi connectivity index (χ3v) is 5.09. The van der Waals surface area contributed by atoms with Crippen LogP contribution in [0.4, 0.5) is 15.8 Å². The first-order valence-corrected chi connectivity index (χ1v) is 10.3. The minimum Gasteiger partial charge on any atom is -0.462 e. The molecule has 7 nitrogen and oxygen atoms in total. The first kappa shape index (κ1) is 21.4. The van der Waals surface area contributed by atoms with E-state index >= 15 is 0 Å². The predicted octanol–water partition coefficient (Wildman–Crippen LogP) is 2.80. The maximum atomic E-state index is 13.2. The van der Waals surface area contributed by atoms with Crippen molar-refractivity contribution in [1.82, 2.24) is 0 Å². The minimum absolute atomic E-state index is 0.144. The largest absolute Gasteiger partial charge is 0.462 e. The standard InChI is InChI=1S/C19H21FN2O5S/c1-4-27-19(24)16-7-5-6-8-17(16)21-18(23)13(2)22(28(3,25)26)15-11-9-14(20)10-12-15/h5-13H,4H2,1-3H3,(H,21,23)/t13-/m1/s1. The second-order valence-corrected chi connectivity index (χ2v) is 7.83. The van der Waals surface area contributed by atoms with Crippen molar-refractivity contribution in [2.75, 3.05) is 22.5 Å². The van der Waals surface area contributed by atoms with Gasteiger partial charge < -0.3 is 10.1 Å². The van der Waals surface area contributed by atoms with Gasteiger partial charge in [-0.3, -0.25) is 9.10 Å². The number of esters is 1. The lowest BCUT2D eigenvalue weighted by molar-refractivity contribution is -0.116. The van der Waals surface area contributed by atoms with E-state index in [1.165, 1.54) is 31.2 Å². The zero-order valence-corrected chi connectivity index (χ0v) is 16.5. The molecule has 150 valence electrons. The van der Waals surface area contributed by atoms with E-state index < -0.39 is 33.8 Å². The molecule has 0 saturated heterocycles. The molecule has 1 N–H and O–H groups in total. The van der Waals surface area contributed by atoms with Gasteiger partial charge in [-0.1, -0.05) is 12.1 Å². The number of carbonyl (C=O) groups excluding carboxylic acids is 2. The zero-order chi connectivity index (χ0) is 20.9. The van der Waals surface area contributed by atoms with Gasteiger partial charge in [-0.2, -0.15) is 0 Å². The summed E-state index contributed by atoms with van der Waals surface area (Å²) in [6, 6.07) is 9.84. The minimum atomic E-state index is -3.84. The Labute approximate surface area is 163 Å². The molecule has 0 saturated carbocycles. The number of nitrogens with zero attached hydrogens (tertiary/aromatic N) is 1. The molecule has 0 fully saturated rings. The van der Waals surface area contributed by atoms with E-state index in [9.17, 15) is 22.4 Å². The second kappa shape index (κ2) is 8.83. The number of hydrogen-bond acceptors (Lipinski definition) is 5. The summed E-state index contributed by atoms with van der Waals surface area (Å²) in [6.45, 7) is 3.23. The highest BCUT2D eigenvalue weighted by Crippen LogP contribution is 2.23. The van der Waals surface area contributed by atoms with Gasteiger partial charge in [-0.15, -0.1) is 0 Å². The third-order valence-electron chi connectivity index (χ3n) is 3.85. The fourth-order valence-electron chi connectivity index (χ4n) is 2.61. The van der Waals surface area contributed by atoms with Crippen LogP contribution in [0.5, 0.6) is 0 Å². The lowest BCUT2D eigenvalue weighted by Crippen LogP contribution is -2.45. The molecule has 0 unspecified atom stereocenters. The molecule has 0 aliphatic heterocycles. The average Bonchev–Trinajstić information content (AvgIpc) is 2.63. The van der Waals surface area contributed by atoms with E-state index in [1.54, 1.807) is 19.1 Å². The van der Waals surface area contributed by atoms with Crippen LogP contribution in [-0.2, 0) is 19.6 Å². The summed E-state index contributed by atoms with van der Waals surface area (Å²) in [5.74, 6) is -1.80. The van der Waals surface area contributed by atoms with Crippen LogP contribution in [-0.4, -0.2) is 39.2 Å². The molecule has 0 heterocycles. The van der Waals surface area contributed by atoms with Crippen LogP contribution in [0.3, 0.4) is 0 Å². The fraction of sp³-hybridized carbons (Fsp3) is 0.263. The molecule has 2 rings (SSSR count). The van der Waals surface area contributed by atoms with Crippen molar-refractivity contribution in [2.24, 2.45) is 0 Å². The summed E-state index contributed by atoms with van der Waals surface area (Å²) in [4.78, 5) is 24.8. The van der Waals surface area contributed by atoms with Crippen LogP contribution in [0.2, 0.25) is 0 Å². The molecular weight excluding hydrogens is 387 g/mol. The van der Waals surface area contributed by atoms with Crippen LogP contribution in [0.1, 0.15) is 24.2 Å². The van der Waals surface area contributed by atoms with Crippen molar-refractivity contribution in [3.8, 4) is 0 Å². The van der Waals surface area contributed by atoms with Crippen LogP contribution in [0, 0.1) is 5.82 Å². The Bertz CT molecular complexity index is 961. The van der Waals surface area contributed by atoms with E-state index in [0.29, 0.717) is 0 Å². The third kappa shape index (κ3) is 5.07. The van der Waals surface area contributed by atoms with E-state index in [4.69, 9.17) is 4.74 Å². The molecule has 0 aliphatic carbocycles. The molecule has 1 amide bonds. The quantitative estimate of drug-likeness (QED) is 0.711. The first-order valence-electron chi connectivity index (χ1n) is 8.47. The van der Waals surface area contributed by atoms with Crippen molar-refractivity contribution in [3.63, 3.8) is 0 Å². The average molecular weight is 408 g/mol. The lowest BCUT2D eigenvalue weighted by Gasteiger charge is -2.28. The van der Waals surface area contributed by atoms with Gasteiger partial charge in [0.25, 0.3) is 0 Å². The molecule has 0 aliphatic rings. The molecule has 2 aromatic rings. The van der Waals surface area contributed by atoms with E-state index in [-0.39, 0.29) is 23.5 Å². The zero-order valence-electron chi connectivity index (χ0n) is 15.7.